The maximum absolute atomic E-state index is 12.5. The molecule has 1 aliphatic heterocycles. The minimum Gasteiger partial charge on any atom is -0.370 e. The molecule has 3 rings (SSSR count). The lowest BCUT2D eigenvalue weighted by Crippen LogP contribution is -2.42. The molecule has 1 fully saturated rings. The second kappa shape index (κ2) is 6.96. The van der Waals surface area contributed by atoms with Gasteiger partial charge in [-0.15, -0.1) is 0 Å². The highest BCUT2D eigenvalue weighted by Gasteiger charge is 2.25. The van der Waals surface area contributed by atoms with Gasteiger partial charge in [-0.3, -0.25) is 4.79 Å². The van der Waals surface area contributed by atoms with E-state index in [1.165, 1.54) is 0 Å². The molecular weight excluding hydrogens is 292 g/mol. The number of carbonyl (C=O) groups is 1. The number of ether oxygens (including phenoxy) is 1. The van der Waals surface area contributed by atoms with Crippen molar-refractivity contribution in [2.45, 2.75) is 32.8 Å². The lowest BCUT2D eigenvalue weighted by atomic mass is 10.1. The van der Waals surface area contributed by atoms with E-state index in [2.05, 4.69) is 5.16 Å². The van der Waals surface area contributed by atoms with Crippen LogP contribution in [0.4, 0.5) is 0 Å². The first-order valence-electron chi connectivity index (χ1n) is 8.01. The molecule has 5 heteroatoms. The number of nitrogens with zero attached hydrogens (tertiary/aromatic N) is 2. The molecule has 1 saturated heterocycles. The van der Waals surface area contributed by atoms with Gasteiger partial charge in [-0.25, -0.2) is 0 Å². The number of amides is 1. The van der Waals surface area contributed by atoms with E-state index in [0.29, 0.717) is 32.5 Å². The quantitative estimate of drug-likeness (QED) is 0.871. The van der Waals surface area contributed by atoms with Crippen LogP contribution in [0, 0.1) is 13.8 Å². The van der Waals surface area contributed by atoms with Gasteiger partial charge >= 0.3 is 0 Å². The number of benzene rings is 1. The molecule has 122 valence electrons. The first kappa shape index (κ1) is 15.7. The number of aryl methyl sites for hydroxylation is 2. The van der Waals surface area contributed by atoms with Crippen LogP contribution in [-0.2, 0) is 16.0 Å². The summed E-state index contributed by atoms with van der Waals surface area (Å²) < 4.78 is 11.0. The Bertz CT molecular complexity index is 647. The van der Waals surface area contributed by atoms with Gasteiger partial charge in [0.05, 0.1) is 18.8 Å². The fraction of sp³-hybridized carbons (Fsp3) is 0.444. The number of rotatable bonds is 4. The maximum Gasteiger partial charge on any atom is 0.223 e. The van der Waals surface area contributed by atoms with Crippen LogP contribution in [0.15, 0.2) is 34.9 Å². The summed E-state index contributed by atoms with van der Waals surface area (Å²) in [5, 5.41) is 3.94. The van der Waals surface area contributed by atoms with Crippen molar-refractivity contribution in [3.8, 4) is 0 Å². The summed E-state index contributed by atoms with van der Waals surface area (Å²) in [7, 11) is 0. The fourth-order valence-corrected chi connectivity index (χ4v) is 2.99. The smallest absolute Gasteiger partial charge is 0.223 e. The summed E-state index contributed by atoms with van der Waals surface area (Å²) in [5.74, 6) is 0.966. The summed E-state index contributed by atoms with van der Waals surface area (Å²) in [6.07, 6.45) is 1.12. The minimum atomic E-state index is -0.0343. The first-order valence-corrected chi connectivity index (χ1v) is 8.01. The highest BCUT2D eigenvalue weighted by molar-refractivity contribution is 5.76. The molecule has 5 nitrogen and oxygen atoms in total. The number of morpholine rings is 1. The zero-order chi connectivity index (χ0) is 16.2. The summed E-state index contributed by atoms with van der Waals surface area (Å²) in [4.78, 5) is 14.4. The van der Waals surface area contributed by atoms with Crippen molar-refractivity contribution in [3.63, 3.8) is 0 Å². The Balaban J connectivity index is 1.59. The molecule has 0 spiro atoms. The van der Waals surface area contributed by atoms with Gasteiger partial charge in [0.1, 0.15) is 11.9 Å². The van der Waals surface area contributed by atoms with Crippen LogP contribution in [0.1, 0.15) is 35.1 Å². The van der Waals surface area contributed by atoms with Gasteiger partial charge in [0, 0.05) is 18.5 Å². The highest BCUT2D eigenvalue weighted by Crippen LogP contribution is 2.23. The van der Waals surface area contributed by atoms with E-state index in [4.69, 9.17) is 9.26 Å². The third kappa shape index (κ3) is 3.62. The fourth-order valence-electron chi connectivity index (χ4n) is 2.99. The van der Waals surface area contributed by atoms with E-state index in [0.717, 1.165) is 22.6 Å². The molecule has 1 aromatic carbocycles. The van der Waals surface area contributed by atoms with E-state index < -0.39 is 0 Å². The average molecular weight is 314 g/mol. The molecule has 1 atom stereocenters. The van der Waals surface area contributed by atoms with E-state index >= 15 is 0 Å². The van der Waals surface area contributed by atoms with Crippen molar-refractivity contribution in [3.05, 3.63) is 52.9 Å². The SMILES string of the molecule is Cc1noc(C)c1CCC(=O)N1CCOC(c2ccccc2)C1. The second-order valence-electron chi connectivity index (χ2n) is 5.91. The summed E-state index contributed by atoms with van der Waals surface area (Å²) in [6, 6.07) is 10.1. The van der Waals surface area contributed by atoms with Gasteiger partial charge in [0.2, 0.25) is 5.91 Å². The zero-order valence-electron chi connectivity index (χ0n) is 13.6. The molecular formula is C18H22N2O3. The van der Waals surface area contributed by atoms with Crippen molar-refractivity contribution in [2.24, 2.45) is 0 Å². The zero-order valence-corrected chi connectivity index (χ0v) is 13.6. The number of carbonyl (C=O) groups excluding carboxylic acids is 1. The lowest BCUT2D eigenvalue weighted by Gasteiger charge is -2.33. The topological polar surface area (TPSA) is 55.6 Å². The number of hydrogen-bond donors (Lipinski definition) is 0. The Hall–Kier alpha value is -2.14. The first-order chi connectivity index (χ1) is 11.1. The standard InChI is InChI=1S/C18H22N2O3/c1-13-16(14(2)23-19-13)8-9-18(21)20-10-11-22-17(12-20)15-6-4-3-5-7-15/h3-7,17H,8-12H2,1-2H3. The Morgan fingerprint density at radius 2 is 2.09 bits per heavy atom. The van der Waals surface area contributed by atoms with Gasteiger partial charge in [0.15, 0.2) is 0 Å². The third-order valence-corrected chi connectivity index (χ3v) is 4.36. The molecule has 1 unspecified atom stereocenters. The Kier molecular flexibility index (Phi) is 4.76. The summed E-state index contributed by atoms with van der Waals surface area (Å²) in [6.45, 7) is 5.65. The Morgan fingerprint density at radius 1 is 1.30 bits per heavy atom. The van der Waals surface area contributed by atoms with Crippen LogP contribution in [0.5, 0.6) is 0 Å². The molecule has 23 heavy (non-hydrogen) atoms. The predicted molar refractivity (Wildman–Crippen MR) is 86.0 cm³/mol. The molecule has 1 aromatic heterocycles. The number of aromatic nitrogens is 1. The molecule has 1 aliphatic rings. The van der Waals surface area contributed by atoms with Gasteiger partial charge in [-0.1, -0.05) is 35.5 Å². The van der Waals surface area contributed by atoms with Gasteiger partial charge < -0.3 is 14.2 Å². The van der Waals surface area contributed by atoms with Crippen molar-refractivity contribution >= 4 is 5.91 Å². The summed E-state index contributed by atoms with van der Waals surface area (Å²) >= 11 is 0. The van der Waals surface area contributed by atoms with Gasteiger partial charge in [-0.2, -0.15) is 0 Å². The Morgan fingerprint density at radius 3 is 2.78 bits per heavy atom. The van der Waals surface area contributed by atoms with E-state index in [1.807, 2.05) is 49.1 Å². The van der Waals surface area contributed by atoms with Crippen LogP contribution >= 0.6 is 0 Å². The van der Waals surface area contributed by atoms with Crippen molar-refractivity contribution in [1.29, 1.82) is 0 Å². The van der Waals surface area contributed by atoms with Gasteiger partial charge in [-0.05, 0) is 25.8 Å². The lowest BCUT2D eigenvalue weighted by molar-refractivity contribution is -0.139. The van der Waals surface area contributed by atoms with Crippen LogP contribution in [-0.4, -0.2) is 35.7 Å². The summed E-state index contributed by atoms with van der Waals surface area (Å²) in [5.41, 5.74) is 3.04. The third-order valence-electron chi connectivity index (χ3n) is 4.36. The van der Waals surface area contributed by atoms with E-state index in [1.54, 1.807) is 0 Å². The predicted octanol–water partition coefficient (Wildman–Crippen LogP) is 2.82. The van der Waals surface area contributed by atoms with Crippen LogP contribution in [0.3, 0.4) is 0 Å². The van der Waals surface area contributed by atoms with Crippen molar-refractivity contribution in [2.75, 3.05) is 19.7 Å². The molecule has 0 saturated carbocycles. The van der Waals surface area contributed by atoms with E-state index in [9.17, 15) is 4.79 Å². The second-order valence-corrected chi connectivity index (χ2v) is 5.91. The number of hydrogen-bond acceptors (Lipinski definition) is 4. The molecule has 1 amide bonds. The van der Waals surface area contributed by atoms with Crippen LogP contribution < -0.4 is 0 Å². The van der Waals surface area contributed by atoms with Crippen LogP contribution in [0.25, 0.3) is 0 Å². The molecule has 0 radical (unpaired) electrons. The monoisotopic (exact) mass is 314 g/mol. The van der Waals surface area contributed by atoms with E-state index in [-0.39, 0.29) is 12.0 Å². The minimum absolute atomic E-state index is 0.0343. The van der Waals surface area contributed by atoms with Crippen molar-refractivity contribution < 1.29 is 14.1 Å². The molecule has 0 aliphatic carbocycles. The molecule has 2 aromatic rings. The molecule has 0 bridgehead atoms. The normalized spacial score (nSPS) is 18.2. The largest absolute Gasteiger partial charge is 0.370 e. The molecule has 2 heterocycles. The van der Waals surface area contributed by atoms with Gasteiger partial charge in [0.25, 0.3) is 0 Å². The maximum atomic E-state index is 12.5. The average Bonchev–Trinajstić information content (AvgIpc) is 2.92. The van der Waals surface area contributed by atoms with Crippen LogP contribution in [0.2, 0.25) is 0 Å². The van der Waals surface area contributed by atoms with Crippen molar-refractivity contribution in [1.82, 2.24) is 10.1 Å². The Labute approximate surface area is 136 Å². The highest BCUT2D eigenvalue weighted by atomic mass is 16.5. The molecule has 0 N–H and O–H groups in total.